The van der Waals surface area contributed by atoms with Crippen molar-refractivity contribution in [1.29, 1.82) is 0 Å². The molecule has 3 nitrogen and oxygen atoms in total. The molecular weight excluding hydrogens is 252 g/mol. The molecule has 19 heavy (non-hydrogen) atoms. The fourth-order valence-electron chi connectivity index (χ4n) is 1.72. The number of rotatable bonds is 3. The topological polar surface area (TPSA) is 49.3 Å². The second-order valence-corrected chi connectivity index (χ2v) is 4.12. The van der Waals surface area contributed by atoms with Crippen LogP contribution < -0.4 is 5.32 Å². The Morgan fingerprint density at radius 3 is 2.26 bits per heavy atom. The van der Waals surface area contributed by atoms with Crippen molar-refractivity contribution in [3.8, 4) is 0 Å². The minimum Gasteiger partial charge on any atom is -0.478 e. The first-order valence-electron chi connectivity index (χ1n) is 5.53. The van der Waals surface area contributed by atoms with Gasteiger partial charge in [-0.05, 0) is 42.8 Å². The summed E-state index contributed by atoms with van der Waals surface area (Å²) in [6.07, 6.45) is 0. The van der Waals surface area contributed by atoms with Gasteiger partial charge in [-0.3, -0.25) is 0 Å². The van der Waals surface area contributed by atoms with Gasteiger partial charge < -0.3 is 10.4 Å². The molecule has 0 saturated carbocycles. The van der Waals surface area contributed by atoms with E-state index in [1.807, 2.05) is 0 Å². The third-order valence-electron chi connectivity index (χ3n) is 2.61. The molecule has 0 unspecified atom stereocenters. The molecule has 98 valence electrons. The van der Waals surface area contributed by atoms with E-state index in [4.69, 9.17) is 5.11 Å². The molecule has 2 aromatic rings. The molecule has 0 aliphatic heterocycles. The van der Waals surface area contributed by atoms with E-state index in [2.05, 4.69) is 5.32 Å². The lowest BCUT2D eigenvalue weighted by Crippen LogP contribution is -1.99. The largest absolute Gasteiger partial charge is 0.478 e. The maximum absolute atomic E-state index is 13.0. The van der Waals surface area contributed by atoms with Crippen molar-refractivity contribution in [2.75, 3.05) is 5.32 Å². The van der Waals surface area contributed by atoms with E-state index in [1.54, 1.807) is 13.0 Å². The van der Waals surface area contributed by atoms with E-state index in [9.17, 15) is 13.6 Å². The number of anilines is 2. The van der Waals surface area contributed by atoms with Gasteiger partial charge >= 0.3 is 5.97 Å². The minimum absolute atomic E-state index is 0.161. The van der Waals surface area contributed by atoms with Gasteiger partial charge in [0.15, 0.2) is 0 Å². The number of aromatic carboxylic acids is 1. The Morgan fingerprint density at radius 2 is 1.74 bits per heavy atom. The molecule has 0 atom stereocenters. The summed E-state index contributed by atoms with van der Waals surface area (Å²) < 4.78 is 26.1. The number of carboxylic acid groups (broad SMARTS) is 1. The molecule has 2 rings (SSSR count). The summed E-state index contributed by atoms with van der Waals surface area (Å²) in [7, 11) is 0. The second-order valence-electron chi connectivity index (χ2n) is 4.12. The van der Waals surface area contributed by atoms with E-state index < -0.39 is 17.6 Å². The van der Waals surface area contributed by atoms with Crippen molar-refractivity contribution in [3.63, 3.8) is 0 Å². The van der Waals surface area contributed by atoms with Crippen LogP contribution in [0.15, 0.2) is 36.4 Å². The van der Waals surface area contributed by atoms with Crippen molar-refractivity contribution < 1.29 is 18.7 Å². The summed E-state index contributed by atoms with van der Waals surface area (Å²) in [5.74, 6) is -2.38. The molecule has 0 bridgehead atoms. The summed E-state index contributed by atoms with van der Waals surface area (Å²) in [5.41, 5.74) is 1.69. The van der Waals surface area contributed by atoms with Crippen molar-refractivity contribution >= 4 is 17.3 Å². The lowest BCUT2D eigenvalue weighted by molar-refractivity contribution is 0.0697. The van der Waals surface area contributed by atoms with Crippen LogP contribution in [0.2, 0.25) is 0 Å². The van der Waals surface area contributed by atoms with Crippen molar-refractivity contribution in [1.82, 2.24) is 0 Å². The zero-order valence-corrected chi connectivity index (χ0v) is 10.1. The monoisotopic (exact) mass is 263 g/mol. The van der Waals surface area contributed by atoms with Gasteiger partial charge in [0.1, 0.15) is 11.6 Å². The van der Waals surface area contributed by atoms with Crippen LogP contribution in [0, 0.1) is 18.6 Å². The first-order valence-corrected chi connectivity index (χ1v) is 5.53. The van der Waals surface area contributed by atoms with Crippen LogP contribution in [0.3, 0.4) is 0 Å². The fourth-order valence-corrected chi connectivity index (χ4v) is 1.72. The average molecular weight is 263 g/mol. The third-order valence-corrected chi connectivity index (χ3v) is 2.61. The van der Waals surface area contributed by atoms with Crippen LogP contribution in [0.1, 0.15) is 15.9 Å². The van der Waals surface area contributed by atoms with Crippen molar-refractivity contribution in [2.45, 2.75) is 6.92 Å². The van der Waals surface area contributed by atoms with E-state index >= 15 is 0 Å². The van der Waals surface area contributed by atoms with Gasteiger partial charge in [0, 0.05) is 17.4 Å². The number of carbonyl (C=O) groups is 1. The Bertz CT molecular complexity index is 621. The molecule has 0 aliphatic carbocycles. The van der Waals surface area contributed by atoms with Crippen molar-refractivity contribution in [3.05, 3.63) is 59.2 Å². The molecule has 0 amide bonds. The van der Waals surface area contributed by atoms with Crippen LogP contribution in [0.4, 0.5) is 20.2 Å². The Labute approximate surface area is 108 Å². The predicted octanol–water partition coefficient (Wildman–Crippen LogP) is 3.72. The fraction of sp³-hybridized carbons (Fsp3) is 0.0714. The first kappa shape index (κ1) is 13.0. The Hall–Kier alpha value is -2.43. The van der Waals surface area contributed by atoms with Crippen LogP contribution >= 0.6 is 0 Å². The number of hydrogen-bond donors (Lipinski definition) is 2. The van der Waals surface area contributed by atoms with Gasteiger partial charge in [-0.25, -0.2) is 13.6 Å². The molecule has 2 aromatic carbocycles. The maximum atomic E-state index is 13.0. The van der Waals surface area contributed by atoms with Crippen LogP contribution in [0.25, 0.3) is 0 Å². The molecule has 0 radical (unpaired) electrons. The van der Waals surface area contributed by atoms with Gasteiger partial charge in [0.2, 0.25) is 0 Å². The number of aryl methyl sites for hydroxylation is 1. The highest BCUT2D eigenvalue weighted by Crippen LogP contribution is 2.23. The molecule has 2 N–H and O–H groups in total. The SMILES string of the molecule is Cc1cc(C(=O)O)ccc1Nc1cc(F)cc(F)c1. The highest BCUT2D eigenvalue weighted by molar-refractivity contribution is 5.88. The van der Waals surface area contributed by atoms with E-state index in [1.165, 1.54) is 12.1 Å². The molecule has 5 heteroatoms. The summed E-state index contributed by atoms with van der Waals surface area (Å²) >= 11 is 0. The number of benzene rings is 2. The zero-order chi connectivity index (χ0) is 14.0. The van der Waals surface area contributed by atoms with E-state index in [0.717, 1.165) is 18.2 Å². The summed E-state index contributed by atoms with van der Waals surface area (Å²) in [6.45, 7) is 1.71. The highest BCUT2D eigenvalue weighted by atomic mass is 19.1. The van der Waals surface area contributed by atoms with Gasteiger partial charge in [0.25, 0.3) is 0 Å². The number of halogens is 2. The maximum Gasteiger partial charge on any atom is 0.335 e. The molecule has 0 heterocycles. The highest BCUT2D eigenvalue weighted by Gasteiger charge is 2.07. The lowest BCUT2D eigenvalue weighted by atomic mass is 10.1. The Kier molecular flexibility index (Phi) is 3.46. The normalized spacial score (nSPS) is 10.3. The van der Waals surface area contributed by atoms with Gasteiger partial charge in [-0.1, -0.05) is 0 Å². The van der Waals surface area contributed by atoms with Gasteiger partial charge in [-0.15, -0.1) is 0 Å². The predicted molar refractivity (Wildman–Crippen MR) is 67.8 cm³/mol. The summed E-state index contributed by atoms with van der Waals surface area (Å²) in [6, 6.07) is 7.57. The van der Waals surface area contributed by atoms with Crippen LogP contribution in [0.5, 0.6) is 0 Å². The molecule has 0 aromatic heterocycles. The molecule has 0 saturated heterocycles. The number of hydrogen-bond acceptors (Lipinski definition) is 2. The summed E-state index contributed by atoms with van der Waals surface area (Å²) in [5, 5.41) is 11.7. The lowest BCUT2D eigenvalue weighted by Gasteiger charge is -2.10. The van der Waals surface area contributed by atoms with Gasteiger partial charge in [0.05, 0.1) is 5.56 Å². The Balaban J connectivity index is 2.30. The van der Waals surface area contributed by atoms with Gasteiger partial charge in [-0.2, -0.15) is 0 Å². The standard InChI is InChI=1S/C14H11F2NO2/c1-8-4-9(14(18)19)2-3-13(8)17-12-6-10(15)5-11(16)7-12/h2-7,17H,1H3,(H,18,19). The third kappa shape index (κ3) is 3.07. The molecule has 0 aliphatic rings. The van der Waals surface area contributed by atoms with Crippen molar-refractivity contribution in [2.24, 2.45) is 0 Å². The first-order chi connectivity index (χ1) is 8.95. The van der Waals surface area contributed by atoms with E-state index in [-0.39, 0.29) is 11.3 Å². The molecule has 0 fully saturated rings. The van der Waals surface area contributed by atoms with E-state index in [0.29, 0.717) is 11.3 Å². The van der Waals surface area contributed by atoms with Crippen LogP contribution in [-0.2, 0) is 0 Å². The van der Waals surface area contributed by atoms with Crippen LogP contribution in [-0.4, -0.2) is 11.1 Å². The molecular formula is C14H11F2NO2. The second kappa shape index (κ2) is 5.06. The minimum atomic E-state index is -1.02. The average Bonchev–Trinajstić information content (AvgIpc) is 2.30. The Morgan fingerprint density at radius 1 is 1.11 bits per heavy atom. The quantitative estimate of drug-likeness (QED) is 0.887. The zero-order valence-electron chi connectivity index (χ0n) is 10.1. The molecule has 0 spiro atoms. The summed E-state index contributed by atoms with van der Waals surface area (Å²) in [4.78, 5) is 10.8. The smallest absolute Gasteiger partial charge is 0.335 e. The number of carboxylic acids is 1. The number of nitrogens with one attached hydrogen (secondary N) is 1.